The molecule has 0 aromatic heterocycles. The first-order chi connectivity index (χ1) is 9.19. The van der Waals surface area contributed by atoms with Crippen molar-refractivity contribution >= 4 is 5.91 Å². The van der Waals surface area contributed by atoms with Crippen molar-refractivity contribution in [1.29, 1.82) is 0 Å². The van der Waals surface area contributed by atoms with Gasteiger partial charge in [-0.25, -0.2) is 0 Å². The van der Waals surface area contributed by atoms with Crippen LogP contribution in [0, 0.1) is 0 Å². The number of ether oxygens (including phenoxy) is 1. The maximum atomic E-state index is 12.2. The Morgan fingerprint density at radius 1 is 1.32 bits per heavy atom. The minimum atomic E-state index is -0.482. The fourth-order valence-electron chi connectivity index (χ4n) is 1.93. The number of amides is 1. The van der Waals surface area contributed by atoms with Crippen molar-refractivity contribution < 1.29 is 9.53 Å². The van der Waals surface area contributed by atoms with Gasteiger partial charge in [-0.1, -0.05) is 30.3 Å². The lowest BCUT2D eigenvalue weighted by molar-refractivity contribution is -0.133. The van der Waals surface area contributed by atoms with Crippen LogP contribution in [0.1, 0.15) is 19.4 Å². The molecule has 0 saturated carbocycles. The molecule has 1 aromatic carbocycles. The molecule has 2 N–H and O–H groups in total. The Labute approximate surface area is 115 Å². The number of nitrogens with zero attached hydrogens (tertiary/aromatic N) is 1. The standard InChI is InChI=1S/C15H24N2O2/c1-3-17(10-11-19-4-2)15(18)14(16)12-13-8-6-5-7-9-13/h5-9,14H,3-4,10-12,16H2,1-2H3. The molecule has 1 amide bonds. The van der Waals surface area contributed by atoms with Gasteiger partial charge >= 0.3 is 0 Å². The second-order valence-corrected chi connectivity index (χ2v) is 4.41. The number of likely N-dealkylation sites (N-methyl/N-ethyl adjacent to an activating group) is 1. The molecule has 0 bridgehead atoms. The maximum Gasteiger partial charge on any atom is 0.239 e. The average Bonchev–Trinajstić information content (AvgIpc) is 2.44. The third-order valence-electron chi connectivity index (χ3n) is 3.02. The minimum Gasteiger partial charge on any atom is -0.380 e. The molecule has 4 heteroatoms. The van der Waals surface area contributed by atoms with Crippen LogP contribution in [-0.4, -0.2) is 43.2 Å². The van der Waals surface area contributed by atoms with Crippen molar-refractivity contribution in [3.8, 4) is 0 Å². The van der Waals surface area contributed by atoms with E-state index in [2.05, 4.69) is 0 Å². The van der Waals surface area contributed by atoms with E-state index in [0.29, 0.717) is 32.7 Å². The molecule has 0 aliphatic carbocycles. The molecule has 1 aromatic rings. The van der Waals surface area contributed by atoms with Crippen molar-refractivity contribution in [2.45, 2.75) is 26.3 Å². The van der Waals surface area contributed by atoms with Crippen LogP contribution in [0.25, 0.3) is 0 Å². The molecular weight excluding hydrogens is 240 g/mol. The van der Waals surface area contributed by atoms with E-state index in [0.717, 1.165) is 5.56 Å². The van der Waals surface area contributed by atoms with Gasteiger partial charge in [0.05, 0.1) is 12.6 Å². The van der Waals surface area contributed by atoms with Gasteiger partial charge < -0.3 is 15.4 Å². The molecule has 1 unspecified atom stereocenters. The zero-order valence-electron chi connectivity index (χ0n) is 11.8. The fourth-order valence-corrected chi connectivity index (χ4v) is 1.93. The number of benzene rings is 1. The SMILES string of the molecule is CCOCCN(CC)C(=O)C(N)Cc1ccccc1. The van der Waals surface area contributed by atoms with Crippen LogP contribution in [0.15, 0.2) is 30.3 Å². The Hall–Kier alpha value is -1.39. The van der Waals surface area contributed by atoms with E-state index in [1.807, 2.05) is 44.2 Å². The topological polar surface area (TPSA) is 55.6 Å². The van der Waals surface area contributed by atoms with E-state index in [1.54, 1.807) is 4.90 Å². The van der Waals surface area contributed by atoms with Crippen molar-refractivity contribution in [2.75, 3.05) is 26.3 Å². The van der Waals surface area contributed by atoms with E-state index in [9.17, 15) is 4.79 Å². The predicted octanol–water partition coefficient (Wildman–Crippen LogP) is 1.44. The van der Waals surface area contributed by atoms with E-state index in [1.165, 1.54) is 0 Å². The lowest BCUT2D eigenvalue weighted by atomic mass is 10.1. The number of carbonyl (C=O) groups is 1. The lowest BCUT2D eigenvalue weighted by Crippen LogP contribution is -2.46. The van der Waals surface area contributed by atoms with Crippen LogP contribution >= 0.6 is 0 Å². The Morgan fingerprint density at radius 2 is 2.00 bits per heavy atom. The molecule has 0 saturated heterocycles. The van der Waals surface area contributed by atoms with Crippen molar-refractivity contribution in [2.24, 2.45) is 5.73 Å². The molecule has 1 rings (SSSR count). The third-order valence-corrected chi connectivity index (χ3v) is 3.02. The summed E-state index contributed by atoms with van der Waals surface area (Å²) in [7, 11) is 0. The zero-order chi connectivity index (χ0) is 14.1. The summed E-state index contributed by atoms with van der Waals surface area (Å²) in [4.78, 5) is 14.0. The molecule has 0 heterocycles. The average molecular weight is 264 g/mol. The molecule has 1 atom stereocenters. The molecule has 0 spiro atoms. The Morgan fingerprint density at radius 3 is 2.58 bits per heavy atom. The van der Waals surface area contributed by atoms with Gasteiger partial charge in [-0.15, -0.1) is 0 Å². The summed E-state index contributed by atoms with van der Waals surface area (Å²) in [6.45, 7) is 6.40. The van der Waals surface area contributed by atoms with E-state index < -0.39 is 6.04 Å². The highest BCUT2D eigenvalue weighted by molar-refractivity contribution is 5.82. The van der Waals surface area contributed by atoms with Gasteiger partial charge in [0.2, 0.25) is 5.91 Å². The second-order valence-electron chi connectivity index (χ2n) is 4.41. The Kier molecular flexibility index (Phi) is 7.15. The molecular formula is C15H24N2O2. The molecule has 19 heavy (non-hydrogen) atoms. The maximum absolute atomic E-state index is 12.2. The Bertz CT molecular complexity index is 368. The number of rotatable bonds is 8. The monoisotopic (exact) mass is 264 g/mol. The highest BCUT2D eigenvalue weighted by Gasteiger charge is 2.19. The fraction of sp³-hybridized carbons (Fsp3) is 0.533. The minimum absolute atomic E-state index is 0.00828. The van der Waals surface area contributed by atoms with E-state index in [4.69, 9.17) is 10.5 Å². The normalized spacial score (nSPS) is 12.2. The molecule has 0 fully saturated rings. The summed E-state index contributed by atoms with van der Waals surface area (Å²) in [5.41, 5.74) is 7.09. The van der Waals surface area contributed by atoms with Crippen LogP contribution in [0.2, 0.25) is 0 Å². The molecule has 0 aliphatic rings. The summed E-state index contributed by atoms with van der Waals surface area (Å²) >= 11 is 0. The van der Waals surface area contributed by atoms with Gasteiger partial charge in [0.1, 0.15) is 0 Å². The van der Waals surface area contributed by atoms with Gasteiger partial charge in [0.25, 0.3) is 0 Å². The summed E-state index contributed by atoms with van der Waals surface area (Å²) in [6, 6.07) is 9.37. The van der Waals surface area contributed by atoms with Crippen LogP contribution in [-0.2, 0) is 16.0 Å². The van der Waals surface area contributed by atoms with Gasteiger partial charge in [0.15, 0.2) is 0 Å². The first-order valence-electron chi connectivity index (χ1n) is 6.85. The van der Waals surface area contributed by atoms with Crippen molar-refractivity contribution in [1.82, 2.24) is 4.90 Å². The Balaban J connectivity index is 2.49. The zero-order valence-corrected chi connectivity index (χ0v) is 11.8. The van der Waals surface area contributed by atoms with Crippen LogP contribution in [0.4, 0.5) is 0 Å². The summed E-state index contributed by atoms with van der Waals surface area (Å²) in [5.74, 6) is -0.00828. The van der Waals surface area contributed by atoms with Gasteiger partial charge in [-0.05, 0) is 25.8 Å². The van der Waals surface area contributed by atoms with Crippen LogP contribution in [0.3, 0.4) is 0 Å². The second kappa shape index (κ2) is 8.67. The van der Waals surface area contributed by atoms with Crippen molar-refractivity contribution in [3.63, 3.8) is 0 Å². The van der Waals surface area contributed by atoms with Crippen LogP contribution in [0.5, 0.6) is 0 Å². The summed E-state index contributed by atoms with van der Waals surface area (Å²) in [6.07, 6.45) is 0.574. The molecule has 106 valence electrons. The number of carbonyl (C=O) groups excluding carboxylic acids is 1. The smallest absolute Gasteiger partial charge is 0.239 e. The quantitative estimate of drug-likeness (QED) is 0.723. The number of hydrogen-bond donors (Lipinski definition) is 1. The third kappa shape index (κ3) is 5.41. The van der Waals surface area contributed by atoms with Crippen molar-refractivity contribution in [3.05, 3.63) is 35.9 Å². The van der Waals surface area contributed by atoms with Gasteiger partial charge in [-0.3, -0.25) is 4.79 Å². The van der Waals surface area contributed by atoms with E-state index >= 15 is 0 Å². The summed E-state index contributed by atoms with van der Waals surface area (Å²) < 4.78 is 5.28. The number of nitrogens with two attached hydrogens (primary N) is 1. The molecule has 0 aliphatic heterocycles. The highest BCUT2D eigenvalue weighted by atomic mass is 16.5. The largest absolute Gasteiger partial charge is 0.380 e. The first kappa shape index (κ1) is 15.7. The van der Waals surface area contributed by atoms with Gasteiger partial charge in [-0.2, -0.15) is 0 Å². The van der Waals surface area contributed by atoms with E-state index in [-0.39, 0.29) is 5.91 Å². The molecule has 0 radical (unpaired) electrons. The lowest BCUT2D eigenvalue weighted by Gasteiger charge is -2.24. The first-order valence-corrected chi connectivity index (χ1v) is 6.85. The summed E-state index contributed by atoms with van der Waals surface area (Å²) in [5, 5.41) is 0. The van der Waals surface area contributed by atoms with Gasteiger partial charge in [0, 0.05) is 19.7 Å². The molecule has 4 nitrogen and oxygen atoms in total. The highest BCUT2D eigenvalue weighted by Crippen LogP contribution is 2.04. The predicted molar refractivity (Wildman–Crippen MR) is 76.9 cm³/mol. The van der Waals surface area contributed by atoms with Crippen LogP contribution < -0.4 is 5.73 Å². The number of hydrogen-bond acceptors (Lipinski definition) is 3.